The maximum absolute atomic E-state index is 9.66. The van der Waals surface area contributed by atoms with Crippen LogP contribution in [0.5, 0.6) is 0 Å². The van der Waals surface area contributed by atoms with Gasteiger partial charge in [0.25, 0.3) is 0 Å². The van der Waals surface area contributed by atoms with Crippen molar-refractivity contribution in [1.82, 2.24) is 0 Å². The van der Waals surface area contributed by atoms with Crippen molar-refractivity contribution in [3.63, 3.8) is 0 Å². The minimum atomic E-state index is -0.460. The number of rotatable bonds is 2. The smallest absolute Gasteiger partial charge is 0.0979 e. The Kier molecular flexibility index (Phi) is 2.51. The van der Waals surface area contributed by atoms with Gasteiger partial charge in [0.15, 0.2) is 0 Å². The normalized spacial score (nSPS) is 17.9. The summed E-state index contributed by atoms with van der Waals surface area (Å²) in [5.41, 5.74) is 2.48. The van der Waals surface area contributed by atoms with Crippen LogP contribution in [0.4, 0.5) is 0 Å². The van der Waals surface area contributed by atoms with E-state index in [1.807, 2.05) is 0 Å². The molecule has 0 aromatic carbocycles. The average molecular weight is 194 g/mol. The van der Waals surface area contributed by atoms with Gasteiger partial charge in [0.1, 0.15) is 0 Å². The van der Waals surface area contributed by atoms with Gasteiger partial charge in [-0.25, -0.2) is 0 Å². The summed E-state index contributed by atoms with van der Waals surface area (Å²) in [4.78, 5) is 1.47. The van der Waals surface area contributed by atoms with Crippen molar-refractivity contribution in [2.24, 2.45) is 0 Å². The molecule has 1 heterocycles. The van der Waals surface area contributed by atoms with E-state index in [1.165, 1.54) is 29.7 Å². The molecule has 1 aromatic rings. The van der Waals surface area contributed by atoms with E-state index in [1.54, 1.807) is 17.4 Å². The molecule has 1 unspecified atom stereocenters. The van der Waals surface area contributed by atoms with Crippen LogP contribution in [0.25, 0.3) is 0 Å². The maximum Gasteiger partial charge on any atom is 0.0979 e. The number of fused-ring (bicyclic) bond motifs is 1. The van der Waals surface area contributed by atoms with Crippen molar-refractivity contribution < 1.29 is 5.11 Å². The molecular weight excluding hydrogens is 180 g/mol. The number of hydrogen-bond donors (Lipinski definition) is 1. The highest BCUT2D eigenvalue weighted by Gasteiger charge is 2.18. The molecule has 13 heavy (non-hydrogen) atoms. The van der Waals surface area contributed by atoms with Crippen LogP contribution in [0.3, 0.4) is 0 Å². The Labute approximate surface area is 82.7 Å². The van der Waals surface area contributed by atoms with Crippen molar-refractivity contribution in [3.8, 4) is 0 Å². The van der Waals surface area contributed by atoms with Gasteiger partial charge < -0.3 is 5.11 Å². The SMILES string of the molecule is C=CC(O)c1csc2c1CCCC2. The molecule has 1 aliphatic rings. The molecule has 2 heteroatoms. The third kappa shape index (κ3) is 1.56. The Bertz CT molecular complexity index is 314. The third-order valence-electron chi connectivity index (χ3n) is 2.64. The van der Waals surface area contributed by atoms with E-state index >= 15 is 0 Å². The molecule has 1 nitrogen and oxygen atoms in total. The molecule has 0 spiro atoms. The van der Waals surface area contributed by atoms with Crippen molar-refractivity contribution in [2.45, 2.75) is 31.8 Å². The standard InChI is InChI=1S/C11H14OS/c1-2-10(12)9-7-13-11-6-4-3-5-8(9)11/h2,7,10,12H,1,3-6H2. The summed E-state index contributed by atoms with van der Waals surface area (Å²) < 4.78 is 0. The summed E-state index contributed by atoms with van der Waals surface area (Å²) in [6, 6.07) is 0. The molecular formula is C11H14OS. The summed E-state index contributed by atoms with van der Waals surface area (Å²) >= 11 is 1.79. The van der Waals surface area contributed by atoms with Gasteiger partial charge >= 0.3 is 0 Å². The first-order valence-corrected chi connectivity index (χ1v) is 5.60. The van der Waals surface area contributed by atoms with E-state index in [0.29, 0.717) is 0 Å². The van der Waals surface area contributed by atoms with E-state index in [-0.39, 0.29) is 0 Å². The highest BCUT2D eigenvalue weighted by molar-refractivity contribution is 7.10. The van der Waals surface area contributed by atoms with Crippen molar-refractivity contribution in [3.05, 3.63) is 34.0 Å². The number of aliphatic hydroxyl groups excluding tert-OH is 1. The van der Waals surface area contributed by atoms with E-state index in [4.69, 9.17) is 0 Å². The van der Waals surface area contributed by atoms with Crippen LogP contribution in [0.2, 0.25) is 0 Å². The molecule has 0 amide bonds. The van der Waals surface area contributed by atoms with Crippen molar-refractivity contribution >= 4 is 11.3 Å². The zero-order valence-electron chi connectivity index (χ0n) is 7.62. The Morgan fingerprint density at radius 3 is 3.00 bits per heavy atom. The van der Waals surface area contributed by atoms with Gasteiger partial charge in [0.2, 0.25) is 0 Å². The first-order valence-electron chi connectivity index (χ1n) is 4.72. The van der Waals surface area contributed by atoms with Crippen LogP contribution in [0, 0.1) is 0 Å². The number of hydrogen-bond acceptors (Lipinski definition) is 2. The van der Waals surface area contributed by atoms with Crippen LogP contribution in [0.15, 0.2) is 18.0 Å². The summed E-state index contributed by atoms with van der Waals surface area (Å²) in [6.45, 7) is 3.62. The van der Waals surface area contributed by atoms with E-state index in [9.17, 15) is 5.11 Å². The fourth-order valence-electron chi connectivity index (χ4n) is 1.89. The zero-order chi connectivity index (χ0) is 9.26. The lowest BCUT2D eigenvalue weighted by Crippen LogP contribution is -2.03. The van der Waals surface area contributed by atoms with Crippen LogP contribution < -0.4 is 0 Å². The van der Waals surface area contributed by atoms with Gasteiger partial charge in [-0.1, -0.05) is 6.08 Å². The first kappa shape index (κ1) is 8.97. The quantitative estimate of drug-likeness (QED) is 0.718. The Morgan fingerprint density at radius 1 is 1.46 bits per heavy atom. The average Bonchev–Trinajstić information content (AvgIpc) is 2.60. The summed E-state index contributed by atoms with van der Waals surface area (Å²) in [7, 11) is 0. The fourth-order valence-corrected chi connectivity index (χ4v) is 3.07. The lowest BCUT2D eigenvalue weighted by atomic mass is 9.94. The number of thiophene rings is 1. The molecule has 0 radical (unpaired) electrons. The van der Waals surface area contributed by atoms with Crippen molar-refractivity contribution in [1.29, 1.82) is 0 Å². The van der Waals surface area contributed by atoms with Crippen LogP contribution in [0.1, 0.15) is 34.9 Å². The maximum atomic E-state index is 9.66. The summed E-state index contributed by atoms with van der Waals surface area (Å²) in [5, 5.41) is 11.7. The van der Waals surface area contributed by atoms with Gasteiger partial charge in [-0.15, -0.1) is 17.9 Å². The lowest BCUT2D eigenvalue weighted by Gasteiger charge is -2.14. The largest absolute Gasteiger partial charge is 0.384 e. The Hall–Kier alpha value is -0.600. The van der Waals surface area contributed by atoms with Crippen LogP contribution in [-0.4, -0.2) is 5.11 Å². The second kappa shape index (κ2) is 3.64. The summed E-state index contributed by atoms with van der Waals surface area (Å²) in [6.07, 6.45) is 6.05. The minimum absolute atomic E-state index is 0.460. The van der Waals surface area contributed by atoms with Gasteiger partial charge in [0, 0.05) is 4.88 Å². The predicted octanol–water partition coefficient (Wildman–Crippen LogP) is 2.85. The van der Waals surface area contributed by atoms with Gasteiger partial charge in [-0.2, -0.15) is 0 Å². The Balaban J connectivity index is 2.36. The van der Waals surface area contributed by atoms with Crippen molar-refractivity contribution in [2.75, 3.05) is 0 Å². The molecule has 0 saturated heterocycles. The molecule has 2 rings (SSSR count). The minimum Gasteiger partial charge on any atom is -0.384 e. The Morgan fingerprint density at radius 2 is 2.23 bits per heavy atom. The molecule has 0 fully saturated rings. The molecule has 70 valence electrons. The number of aliphatic hydroxyl groups is 1. The fraction of sp³-hybridized carbons (Fsp3) is 0.455. The van der Waals surface area contributed by atoms with Crippen LogP contribution in [-0.2, 0) is 12.8 Å². The molecule has 1 atom stereocenters. The highest BCUT2D eigenvalue weighted by atomic mass is 32.1. The molecule has 1 aliphatic carbocycles. The van der Waals surface area contributed by atoms with Crippen LogP contribution >= 0.6 is 11.3 Å². The third-order valence-corrected chi connectivity index (χ3v) is 3.74. The van der Waals surface area contributed by atoms with Gasteiger partial charge in [-0.05, 0) is 42.2 Å². The van der Waals surface area contributed by atoms with Gasteiger partial charge in [0.05, 0.1) is 6.10 Å². The molecule has 0 aliphatic heterocycles. The highest BCUT2D eigenvalue weighted by Crippen LogP contribution is 2.33. The molecule has 1 N–H and O–H groups in total. The second-order valence-corrected chi connectivity index (χ2v) is 4.44. The predicted molar refractivity (Wildman–Crippen MR) is 56.1 cm³/mol. The monoisotopic (exact) mass is 194 g/mol. The molecule has 1 aromatic heterocycles. The molecule has 0 saturated carbocycles. The zero-order valence-corrected chi connectivity index (χ0v) is 8.44. The topological polar surface area (TPSA) is 20.2 Å². The van der Waals surface area contributed by atoms with E-state index in [2.05, 4.69) is 12.0 Å². The number of aryl methyl sites for hydroxylation is 1. The lowest BCUT2D eigenvalue weighted by molar-refractivity contribution is 0.228. The van der Waals surface area contributed by atoms with Gasteiger partial charge in [-0.3, -0.25) is 0 Å². The first-order chi connectivity index (χ1) is 6.33. The second-order valence-electron chi connectivity index (χ2n) is 3.48. The van der Waals surface area contributed by atoms with E-state index in [0.717, 1.165) is 12.0 Å². The van der Waals surface area contributed by atoms with E-state index < -0.39 is 6.10 Å². The molecule has 0 bridgehead atoms. The summed E-state index contributed by atoms with van der Waals surface area (Å²) in [5.74, 6) is 0.